The van der Waals surface area contributed by atoms with E-state index in [-0.39, 0.29) is 0 Å². The van der Waals surface area contributed by atoms with Crippen LogP contribution < -0.4 is 5.32 Å². The van der Waals surface area contributed by atoms with Crippen molar-refractivity contribution >= 4 is 20.2 Å². The molecule has 2 unspecified atom stereocenters. The summed E-state index contributed by atoms with van der Waals surface area (Å²) in [7, 11) is -0.612. The van der Waals surface area contributed by atoms with Gasteiger partial charge >= 0.3 is 13.9 Å². The largest absolute Gasteiger partial charge is 0.473 e. The van der Waals surface area contributed by atoms with Crippen LogP contribution in [0.15, 0.2) is 17.3 Å². The maximum absolute atomic E-state index is 12.3. The molecule has 11 nitrogen and oxygen atoms in total. The van der Waals surface area contributed by atoms with Gasteiger partial charge in [0.15, 0.2) is 6.23 Å². The fourth-order valence-electron chi connectivity index (χ4n) is 2.63. The van der Waals surface area contributed by atoms with E-state index < -0.39 is 51.2 Å². The molecule has 6 atom stereocenters. The summed E-state index contributed by atoms with van der Waals surface area (Å²) in [6, 6.07) is -0.510. The second-order valence-electron chi connectivity index (χ2n) is 5.73. The Hall–Kier alpha value is -1.49. The van der Waals surface area contributed by atoms with Gasteiger partial charge in [0.25, 0.3) is 0 Å². The summed E-state index contributed by atoms with van der Waals surface area (Å²) < 4.78 is 27.1. The molecule has 0 bridgehead atoms. The molecule has 0 aromatic rings. The van der Waals surface area contributed by atoms with Crippen LogP contribution in [-0.2, 0) is 18.3 Å². The van der Waals surface area contributed by atoms with E-state index in [9.17, 15) is 19.4 Å². The minimum atomic E-state index is -4.22. The molecule has 134 valence electrons. The van der Waals surface area contributed by atoms with Crippen LogP contribution in [0.25, 0.3) is 0 Å². The van der Waals surface area contributed by atoms with E-state index in [4.69, 9.17) is 13.8 Å². The standard InChI is InChI=1S/C12H19N4O7P/c1-15(2)6-13-8-3-4-16(12(18)14-8)11-10-9(7(5-17)21-11)22-24(19,20)23-10/h3-4,6-11,17H,5H2,1-2H3,(H,14,18)(H,19,20)/t7-,8?,9-,10-,11-/m1/s1. The van der Waals surface area contributed by atoms with Crippen LogP contribution in [0.5, 0.6) is 0 Å². The molecular formula is C12H19N4O7P. The Morgan fingerprint density at radius 2 is 2.17 bits per heavy atom. The number of hydrogen-bond acceptors (Lipinski definition) is 7. The number of aliphatic imine (C=N–C) groups is 1. The summed E-state index contributed by atoms with van der Waals surface area (Å²) in [4.78, 5) is 28.8. The highest BCUT2D eigenvalue weighted by molar-refractivity contribution is 7.47. The molecule has 0 aromatic heterocycles. The van der Waals surface area contributed by atoms with Crippen molar-refractivity contribution in [3.05, 3.63) is 12.3 Å². The van der Waals surface area contributed by atoms with Crippen LogP contribution in [0.3, 0.4) is 0 Å². The van der Waals surface area contributed by atoms with E-state index in [2.05, 4.69) is 10.3 Å². The van der Waals surface area contributed by atoms with Crippen LogP contribution >= 0.6 is 7.82 Å². The number of amides is 2. The minimum absolute atomic E-state index is 0.435. The van der Waals surface area contributed by atoms with Gasteiger partial charge < -0.3 is 25.0 Å². The molecule has 0 spiro atoms. The number of rotatable bonds is 4. The van der Waals surface area contributed by atoms with Crippen molar-refractivity contribution in [3.8, 4) is 0 Å². The lowest BCUT2D eigenvalue weighted by Crippen LogP contribution is -2.52. The van der Waals surface area contributed by atoms with Gasteiger partial charge in [-0.05, 0) is 6.08 Å². The Bertz CT molecular complexity index is 612. The van der Waals surface area contributed by atoms with Crippen LogP contribution in [0, 0.1) is 0 Å². The predicted molar refractivity (Wildman–Crippen MR) is 80.8 cm³/mol. The smallest absolute Gasteiger partial charge is 0.394 e. The van der Waals surface area contributed by atoms with Crippen LogP contribution in [-0.4, -0.2) is 83.6 Å². The number of aliphatic hydroxyl groups excluding tert-OH is 1. The zero-order valence-corrected chi connectivity index (χ0v) is 13.9. The maximum Gasteiger partial charge on any atom is 0.473 e. The van der Waals surface area contributed by atoms with Crippen LogP contribution in [0.2, 0.25) is 0 Å². The van der Waals surface area contributed by atoms with Gasteiger partial charge in [-0.2, -0.15) is 0 Å². The average molecular weight is 362 g/mol. The monoisotopic (exact) mass is 362 g/mol. The molecule has 24 heavy (non-hydrogen) atoms. The molecule has 0 saturated carbocycles. The fourth-order valence-corrected chi connectivity index (χ4v) is 3.78. The van der Waals surface area contributed by atoms with Gasteiger partial charge in [0, 0.05) is 20.3 Å². The van der Waals surface area contributed by atoms with Crippen molar-refractivity contribution in [2.24, 2.45) is 4.99 Å². The number of nitrogens with one attached hydrogen (secondary N) is 1. The summed E-state index contributed by atoms with van der Waals surface area (Å²) >= 11 is 0. The number of ether oxygens (including phenoxy) is 1. The first kappa shape index (κ1) is 17.3. The van der Waals surface area contributed by atoms with Gasteiger partial charge in [0.1, 0.15) is 24.5 Å². The molecule has 0 aromatic carbocycles. The first-order valence-electron chi connectivity index (χ1n) is 7.23. The SMILES string of the molecule is CN(C)C=NC1C=CN([C@@H]2O[C@H](CO)[C@H]3OP(=O)(O)O[C@H]32)C(=O)N1. The minimum Gasteiger partial charge on any atom is -0.394 e. The summed E-state index contributed by atoms with van der Waals surface area (Å²) in [5, 5.41) is 12.0. The highest BCUT2D eigenvalue weighted by Gasteiger charge is 2.59. The second kappa shape index (κ2) is 6.43. The molecule has 0 radical (unpaired) electrons. The lowest BCUT2D eigenvalue weighted by Gasteiger charge is -2.31. The predicted octanol–water partition coefficient (Wildman–Crippen LogP) is -0.957. The van der Waals surface area contributed by atoms with Crippen molar-refractivity contribution < 1.29 is 33.1 Å². The summed E-state index contributed by atoms with van der Waals surface area (Å²) in [6.07, 6.45) is 0.342. The molecule has 3 aliphatic heterocycles. The van der Waals surface area contributed by atoms with Gasteiger partial charge in [-0.1, -0.05) is 0 Å². The highest BCUT2D eigenvalue weighted by atomic mass is 31.2. The molecule has 2 saturated heterocycles. The molecule has 12 heteroatoms. The molecule has 0 aliphatic carbocycles. The van der Waals surface area contributed by atoms with Gasteiger partial charge in [-0.15, -0.1) is 0 Å². The van der Waals surface area contributed by atoms with Crippen molar-refractivity contribution in [1.29, 1.82) is 0 Å². The molecule has 2 amide bonds. The Labute approximate surface area is 138 Å². The summed E-state index contributed by atoms with van der Waals surface area (Å²) in [5.41, 5.74) is 0. The van der Waals surface area contributed by atoms with E-state index >= 15 is 0 Å². The third kappa shape index (κ3) is 3.32. The number of urea groups is 1. The van der Waals surface area contributed by atoms with Crippen molar-refractivity contribution in [3.63, 3.8) is 0 Å². The Balaban J connectivity index is 1.76. The molecule has 2 fully saturated rings. The number of phosphoric ester groups is 1. The number of aliphatic hydroxyl groups is 1. The summed E-state index contributed by atoms with van der Waals surface area (Å²) in [5.74, 6) is 0. The van der Waals surface area contributed by atoms with E-state index in [1.807, 2.05) is 0 Å². The Kier molecular flexibility index (Phi) is 4.65. The van der Waals surface area contributed by atoms with Gasteiger partial charge in [0.05, 0.1) is 12.9 Å². The quantitative estimate of drug-likeness (QED) is 0.331. The molecule has 3 rings (SSSR count). The number of carbonyl (C=O) groups excluding carboxylic acids is 1. The Morgan fingerprint density at radius 3 is 2.79 bits per heavy atom. The maximum atomic E-state index is 12.3. The number of hydrogen-bond donors (Lipinski definition) is 3. The van der Waals surface area contributed by atoms with E-state index in [0.29, 0.717) is 0 Å². The number of phosphoric acid groups is 1. The van der Waals surface area contributed by atoms with Gasteiger partial charge in [0.2, 0.25) is 0 Å². The lowest BCUT2D eigenvalue weighted by atomic mass is 10.1. The topological polar surface area (TPSA) is 133 Å². The zero-order chi connectivity index (χ0) is 17.5. The molecule has 3 aliphatic rings. The van der Waals surface area contributed by atoms with E-state index in [1.54, 1.807) is 31.4 Å². The normalized spacial score (nSPS) is 41.8. The molecule has 3 heterocycles. The first-order chi connectivity index (χ1) is 11.3. The van der Waals surface area contributed by atoms with E-state index in [1.165, 1.54) is 11.1 Å². The van der Waals surface area contributed by atoms with E-state index in [0.717, 1.165) is 0 Å². The van der Waals surface area contributed by atoms with Crippen molar-refractivity contribution in [2.45, 2.75) is 30.7 Å². The van der Waals surface area contributed by atoms with Crippen molar-refractivity contribution in [1.82, 2.24) is 15.1 Å². The molecule has 3 N–H and O–H groups in total. The highest BCUT2D eigenvalue weighted by Crippen LogP contribution is 2.57. The number of nitrogens with zero attached hydrogens (tertiary/aromatic N) is 3. The molecular weight excluding hydrogens is 343 g/mol. The first-order valence-corrected chi connectivity index (χ1v) is 8.73. The fraction of sp³-hybridized carbons (Fsp3) is 0.667. The van der Waals surface area contributed by atoms with Crippen LogP contribution in [0.1, 0.15) is 0 Å². The third-order valence-electron chi connectivity index (χ3n) is 3.64. The number of carbonyl (C=O) groups is 1. The van der Waals surface area contributed by atoms with Crippen LogP contribution in [0.4, 0.5) is 4.79 Å². The average Bonchev–Trinajstić information content (AvgIpc) is 2.98. The van der Waals surface area contributed by atoms with Crippen molar-refractivity contribution in [2.75, 3.05) is 20.7 Å². The lowest BCUT2D eigenvalue weighted by molar-refractivity contribution is -0.0719. The second-order valence-corrected chi connectivity index (χ2v) is 7.09. The van der Waals surface area contributed by atoms with Gasteiger partial charge in [-0.3, -0.25) is 13.9 Å². The zero-order valence-electron chi connectivity index (χ0n) is 13.1. The Morgan fingerprint density at radius 1 is 1.46 bits per heavy atom. The van der Waals surface area contributed by atoms with Gasteiger partial charge in [-0.25, -0.2) is 14.4 Å². The third-order valence-corrected chi connectivity index (χ3v) is 4.66. The summed E-state index contributed by atoms with van der Waals surface area (Å²) in [6.45, 7) is -0.435. The number of fused-ring (bicyclic) bond motifs is 1.